The van der Waals surface area contributed by atoms with Crippen molar-refractivity contribution in [1.29, 1.82) is 0 Å². The Balaban J connectivity index is 1.42. The number of anilines is 3. The third-order valence-electron chi connectivity index (χ3n) is 5.01. The van der Waals surface area contributed by atoms with E-state index < -0.39 is 0 Å². The van der Waals surface area contributed by atoms with Gasteiger partial charge in [-0.1, -0.05) is 24.6 Å². The zero-order valence-electron chi connectivity index (χ0n) is 15.7. The van der Waals surface area contributed by atoms with Crippen LogP contribution in [-0.4, -0.2) is 35.4 Å². The first-order valence-electron chi connectivity index (χ1n) is 9.69. The molecule has 0 spiro atoms. The number of piperidine rings is 1. The lowest BCUT2D eigenvalue weighted by Gasteiger charge is -2.25. The first kappa shape index (κ1) is 18.3. The van der Waals surface area contributed by atoms with Gasteiger partial charge in [0.2, 0.25) is 11.5 Å². The average Bonchev–Trinajstić information content (AvgIpc) is 2.70. The number of pyridine rings is 1. The SMILES string of the molecule is O=C(CN1CCCCC1)Nc1ccc(Nc2cc(=O)[nH]c3ccccc23)cc1. The molecule has 2 aromatic carbocycles. The van der Waals surface area contributed by atoms with Crippen molar-refractivity contribution in [3.8, 4) is 0 Å². The van der Waals surface area contributed by atoms with Crippen molar-refractivity contribution in [3.05, 3.63) is 65.0 Å². The minimum Gasteiger partial charge on any atom is -0.355 e. The topological polar surface area (TPSA) is 77.2 Å². The van der Waals surface area contributed by atoms with Gasteiger partial charge in [0.1, 0.15) is 0 Å². The lowest BCUT2D eigenvalue weighted by atomic mass is 10.1. The number of likely N-dealkylation sites (tertiary alicyclic amines) is 1. The minimum atomic E-state index is -0.150. The number of amides is 1. The van der Waals surface area contributed by atoms with Crippen molar-refractivity contribution in [2.45, 2.75) is 19.3 Å². The monoisotopic (exact) mass is 376 g/mol. The molecule has 1 aliphatic heterocycles. The van der Waals surface area contributed by atoms with Crippen LogP contribution >= 0.6 is 0 Å². The summed E-state index contributed by atoms with van der Waals surface area (Å²) in [4.78, 5) is 29.2. The van der Waals surface area contributed by atoms with Gasteiger partial charge in [0.05, 0.1) is 17.7 Å². The second-order valence-corrected chi connectivity index (χ2v) is 7.18. The maximum atomic E-state index is 12.2. The molecule has 6 nitrogen and oxygen atoms in total. The molecule has 1 aromatic heterocycles. The first-order valence-corrected chi connectivity index (χ1v) is 9.69. The highest BCUT2D eigenvalue weighted by Crippen LogP contribution is 2.24. The number of nitrogens with one attached hydrogen (secondary N) is 3. The smallest absolute Gasteiger partial charge is 0.250 e. The van der Waals surface area contributed by atoms with Crippen molar-refractivity contribution < 1.29 is 4.79 Å². The van der Waals surface area contributed by atoms with Crippen LogP contribution in [0.4, 0.5) is 17.1 Å². The number of hydrogen-bond acceptors (Lipinski definition) is 4. The Labute approximate surface area is 163 Å². The molecule has 0 saturated carbocycles. The summed E-state index contributed by atoms with van der Waals surface area (Å²) in [6, 6.07) is 16.7. The highest BCUT2D eigenvalue weighted by Gasteiger charge is 2.13. The number of aromatic amines is 1. The Morgan fingerprint density at radius 1 is 0.964 bits per heavy atom. The predicted molar refractivity (Wildman–Crippen MR) is 113 cm³/mol. The van der Waals surface area contributed by atoms with E-state index in [-0.39, 0.29) is 11.5 Å². The molecule has 144 valence electrons. The average molecular weight is 376 g/mol. The van der Waals surface area contributed by atoms with E-state index in [2.05, 4.69) is 20.5 Å². The lowest BCUT2D eigenvalue weighted by Crippen LogP contribution is -2.36. The van der Waals surface area contributed by atoms with Gasteiger partial charge in [0.15, 0.2) is 0 Å². The Morgan fingerprint density at radius 3 is 2.46 bits per heavy atom. The summed E-state index contributed by atoms with van der Waals surface area (Å²) in [6.07, 6.45) is 3.60. The minimum absolute atomic E-state index is 0.0168. The number of aromatic nitrogens is 1. The Kier molecular flexibility index (Phi) is 5.39. The molecule has 2 heterocycles. The van der Waals surface area contributed by atoms with E-state index in [9.17, 15) is 9.59 Å². The number of nitrogens with zero attached hydrogens (tertiary/aromatic N) is 1. The standard InChI is InChI=1S/C22H24N4O2/c27-21-14-20(18-6-2-3-7-19(18)25-21)23-16-8-10-17(11-9-16)24-22(28)15-26-12-4-1-5-13-26/h2-3,6-11,14H,1,4-5,12-13,15H2,(H,24,28)(H2,23,25,27). The number of hydrogen-bond donors (Lipinski definition) is 3. The number of carbonyl (C=O) groups is 1. The fourth-order valence-corrected chi connectivity index (χ4v) is 3.62. The zero-order chi connectivity index (χ0) is 19.3. The van der Waals surface area contributed by atoms with Crippen LogP contribution in [0.3, 0.4) is 0 Å². The van der Waals surface area contributed by atoms with Gasteiger partial charge < -0.3 is 15.6 Å². The summed E-state index contributed by atoms with van der Waals surface area (Å²) >= 11 is 0. The van der Waals surface area contributed by atoms with Crippen molar-refractivity contribution in [1.82, 2.24) is 9.88 Å². The maximum absolute atomic E-state index is 12.2. The molecule has 0 bridgehead atoms. The van der Waals surface area contributed by atoms with Gasteiger partial charge in [0, 0.05) is 22.8 Å². The largest absolute Gasteiger partial charge is 0.355 e. The van der Waals surface area contributed by atoms with Gasteiger partial charge >= 0.3 is 0 Å². The van der Waals surface area contributed by atoms with Crippen LogP contribution in [-0.2, 0) is 4.79 Å². The molecule has 1 saturated heterocycles. The van der Waals surface area contributed by atoms with E-state index in [0.29, 0.717) is 6.54 Å². The van der Waals surface area contributed by atoms with Gasteiger partial charge in [-0.3, -0.25) is 14.5 Å². The molecular weight excluding hydrogens is 352 g/mol. The fourth-order valence-electron chi connectivity index (χ4n) is 3.62. The summed E-state index contributed by atoms with van der Waals surface area (Å²) < 4.78 is 0. The molecule has 1 fully saturated rings. The second kappa shape index (κ2) is 8.27. The molecule has 0 atom stereocenters. The summed E-state index contributed by atoms with van der Waals surface area (Å²) in [5.41, 5.74) is 3.01. The molecule has 0 unspecified atom stereocenters. The van der Waals surface area contributed by atoms with E-state index in [4.69, 9.17) is 0 Å². The van der Waals surface area contributed by atoms with Crippen LogP contribution in [0.2, 0.25) is 0 Å². The highest BCUT2D eigenvalue weighted by molar-refractivity contribution is 5.94. The molecule has 3 N–H and O–H groups in total. The highest BCUT2D eigenvalue weighted by atomic mass is 16.2. The van der Waals surface area contributed by atoms with Gasteiger partial charge in [0.25, 0.3) is 0 Å². The molecule has 1 amide bonds. The fraction of sp³-hybridized carbons (Fsp3) is 0.273. The number of para-hydroxylation sites is 1. The van der Waals surface area contributed by atoms with E-state index in [1.165, 1.54) is 19.3 Å². The van der Waals surface area contributed by atoms with E-state index in [1.807, 2.05) is 48.5 Å². The van der Waals surface area contributed by atoms with Crippen molar-refractivity contribution in [2.75, 3.05) is 30.3 Å². The first-order chi connectivity index (χ1) is 13.7. The maximum Gasteiger partial charge on any atom is 0.250 e. The second-order valence-electron chi connectivity index (χ2n) is 7.18. The summed E-state index contributed by atoms with van der Waals surface area (Å²) in [5, 5.41) is 7.19. The number of fused-ring (bicyclic) bond motifs is 1. The Hall–Kier alpha value is -3.12. The van der Waals surface area contributed by atoms with Gasteiger partial charge in [-0.2, -0.15) is 0 Å². The van der Waals surface area contributed by atoms with Crippen molar-refractivity contribution in [3.63, 3.8) is 0 Å². The third kappa shape index (κ3) is 4.40. The van der Waals surface area contributed by atoms with E-state index in [1.54, 1.807) is 6.07 Å². The van der Waals surface area contributed by atoms with Crippen LogP contribution in [0.5, 0.6) is 0 Å². The molecular formula is C22H24N4O2. The molecule has 0 aliphatic carbocycles. The molecule has 0 radical (unpaired) electrons. The van der Waals surface area contributed by atoms with E-state index >= 15 is 0 Å². The quantitative estimate of drug-likeness (QED) is 0.635. The molecule has 28 heavy (non-hydrogen) atoms. The van der Waals surface area contributed by atoms with E-state index in [0.717, 1.165) is 41.1 Å². The number of H-pyrrole nitrogens is 1. The molecule has 1 aliphatic rings. The van der Waals surface area contributed by atoms with Gasteiger partial charge in [-0.25, -0.2) is 0 Å². The molecule has 4 rings (SSSR count). The summed E-state index contributed by atoms with van der Waals surface area (Å²) in [6.45, 7) is 2.44. The molecule has 6 heteroatoms. The third-order valence-corrected chi connectivity index (χ3v) is 5.01. The van der Waals surface area contributed by atoms with Crippen LogP contribution in [0.1, 0.15) is 19.3 Å². The van der Waals surface area contributed by atoms with Crippen molar-refractivity contribution >= 4 is 33.9 Å². The van der Waals surface area contributed by atoms with Crippen LogP contribution in [0, 0.1) is 0 Å². The summed E-state index contributed by atoms with van der Waals surface area (Å²) in [7, 11) is 0. The van der Waals surface area contributed by atoms with Crippen LogP contribution in [0.15, 0.2) is 59.4 Å². The Bertz CT molecular complexity index is 1020. The normalized spacial score (nSPS) is 14.7. The molecule has 3 aromatic rings. The Morgan fingerprint density at radius 2 is 1.68 bits per heavy atom. The number of benzene rings is 2. The van der Waals surface area contributed by atoms with Crippen molar-refractivity contribution in [2.24, 2.45) is 0 Å². The van der Waals surface area contributed by atoms with Gasteiger partial charge in [-0.05, 0) is 56.3 Å². The summed E-state index contributed by atoms with van der Waals surface area (Å²) in [5.74, 6) is 0.0168. The number of rotatable bonds is 5. The van der Waals surface area contributed by atoms with Gasteiger partial charge in [-0.15, -0.1) is 0 Å². The zero-order valence-corrected chi connectivity index (χ0v) is 15.7. The van der Waals surface area contributed by atoms with Crippen LogP contribution < -0.4 is 16.2 Å². The lowest BCUT2D eigenvalue weighted by molar-refractivity contribution is -0.117. The van der Waals surface area contributed by atoms with Crippen LogP contribution in [0.25, 0.3) is 10.9 Å². The number of carbonyl (C=O) groups excluding carboxylic acids is 1. The predicted octanol–water partition coefficient (Wildman–Crippen LogP) is 3.70.